The predicted molar refractivity (Wildman–Crippen MR) is 83.8 cm³/mol. The molecule has 1 aromatic heterocycles. The molecule has 2 rings (SSSR count). The van der Waals surface area contributed by atoms with Crippen LogP contribution in [-0.2, 0) is 9.59 Å². The molecule has 0 spiro atoms. The third kappa shape index (κ3) is 3.72. The maximum atomic E-state index is 12.1. The van der Waals surface area contributed by atoms with E-state index in [9.17, 15) is 9.59 Å². The molecule has 1 N–H and O–H groups in total. The van der Waals surface area contributed by atoms with Crippen molar-refractivity contribution in [3.63, 3.8) is 0 Å². The van der Waals surface area contributed by atoms with Crippen LogP contribution in [0, 0.1) is 20.8 Å². The number of carbonyl (C=O) groups excluding carboxylic acids is 2. The monoisotopic (exact) mass is 301 g/mol. The molecule has 0 saturated heterocycles. The van der Waals surface area contributed by atoms with Crippen LogP contribution in [0.3, 0.4) is 0 Å². The molecule has 0 aliphatic heterocycles. The molecule has 22 heavy (non-hydrogen) atoms. The number of aromatic nitrogens is 1. The summed E-state index contributed by atoms with van der Waals surface area (Å²) in [6.45, 7) is 6.97. The quantitative estimate of drug-likeness (QED) is 0.941. The molecule has 2 amide bonds. The molecule has 6 heteroatoms. The summed E-state index contributed by atoms with van der Waals surface area (Å²) in [5, 5.41) is 6.55. The normalized spacial score (nSPS) is 10.4. The van der Waals surface area contributed by atoms with Crippen molar-refractivity contribution in [3.05, 3.63) is 41.2 Å². The molecule has 1 aromatic carbocycles. The second kappa shape index (κ2) is 6.43. The molecule has 1 heterocycles. The average Bonchev–Trinajstić information content (AvgIpc) is 2.86. The van der Waals surface area contributed by atoms with E-state index in [1.807, 2.05) is 32.0 Å². The maximum Gasteiger partial charge on any atom is 0.244 e. The molecule has 0 fully saturated rings. The number of carbonyl (C=O) groups is 2. The van der Waals surface area contributed by atoms with E-state index in [-0.39, 0.29) is 18.4 Å². The second-order valence-corrected chi connectivity index (χ2v) is 5.25. The molecular weight excluding hydrogens is 282 g/mol. The Kier molecular flexibility index (Phi) is 4.60. The summed E-state index contributed by atoms with van der Waals surface area (Å²) >= 11 is 0. The van der Waals surface area contributed by atoms with E-state index in [1.165, 1.54) is 11.8 Å². The Labute approximate surface area is 129 Å². The van der Waals surface area contributed by atoms with E-state index in [4.69, 9.17) is 4.52 Å². The number of amides is 2. The van der Waals surface area contributed by atoms with Crippen molar-refractivity contribution < 1.29 is 14.1 Å². The summed E-state index contributed by atoms with van der Waals surface area (Å²) in [5.74, 6) is 0.346. The number of aryl methyl sites for hydroxylation is 3. The minimum atomic E-state index is -0.292. The van der Waals surface area contributed by atoms with E-state index in [0.29, 0.717) is 17.3 Å². The van der Waals surface area contributed by atoms with Gasteiger partial charge in [0, 0.05) is 18.7 Å². The molecular formula is C16H19N3O3. The first kappa shape index (κ1) is 15.8. The number of hydrogen-bond donors (Lipinski definition) is 1. The van der Waals surface area contributed by atoms with Crippen LogP contribution in [0.1, 0.15) is 23.8 Å². The molecule has 0 radical (unpaired) electrons. The highest BCUT2D eigenvalue weighted by Gasteiger charge is 2.19. The molecule has 0 aliphatic rings. The van der Waals surface area contributed by atoms with Crippen LogP contribution >= 0.6 is 0 Å². The maximum absolute atomic E-state index is 12.1. The molecule has 0 unspecified atom stereocenters. The van der Waals surface area contributed by atoms with E-state index < -0.39 is 0 Å². The third-order valence-corrected chi connectivity index (χ3v) is 3.36. The van der Waals surface area contributed by atoms with E-state index in [0.717, 1.165) is 11.1 Å². The number of nitrogens with one attached hydrogen (secondary N) is 1. The Morgan fingerprint density at radius 2 is 1.91 bits per heavy atom. The summed E-state index contributed by atoms with van der Waals surface area (Å²) in [5.41, 5.74) is 2.95. The topological polar surface area (TPSA) is 75.4 Å². The van der Waals surface area contributed by atoms with Gasteiger partial charge >= 0.3 is 0 Å². The molecule has 2 aromatic rings. The van der Waals surface area contributed by atoms with Gasteiger partial charge in [0.05, 0.1) is 0 Å². The molecule has 0 saturated carbocycles. The average molecular weight is 301 g/mol. The zero-order valence-corrected chi connectivity index (χ0v) is 13.1. The Hall–Kier alpha value is -2.63. The highest BCUT2D eigenvalue weighted by Crippen LogP contribution is 2.16. The van der Waals surface area contributed by atoms with Crippen molar-refractivity contribution in [1.82, 2.24) is 5.16 Å². The Morgan fingerprint density at radius 3 is 2.45 bits per heavy atom. The zero-order valence-electron chi connectivity index (χ0n) is 13.1. The Morgan fingerprint density at radius 1 is 1.18 bits per heavy atom. The molecule has 0 aliphatic carbocycles. The van der Waals surface area contributed by atoms with E-state index >= 15 is 0 Å². The summed E-state index contributed by atoms with van der Waals surface area (Å²) in [4.78, 5) is 25.1. The highest BCUT2D eigenvalue weighted by molar-refractivity contribution is 6.01. The largest absolute Gasteiger partial charge is 0.360 e. The standard InChI is InChI=1S/C16H19N3O3/c1-10-5-6-14(7-11(10)2)17-16(21)9-19(13(4)20)15-8-12(3)22-18-15/h5-8H,9H2,1-4H3,(H,17,21). The lowest BCUT2D eigenvalue weighted by Crippen LogP contribution is -2.36. The minimum Gasteiger partial charge on any atom is -0.360 e. The van der Waals surface area contributed by atoms with Crippen molar-refractivity contribution in [2.45, 2.75) is 27.7 Å². The first-order valence-corrected chi connectivity index (χ1v) is 6.95. The van der Waals surface area contributed by atoms with Crippen LogP contribution in [0.5, 0.6) is 0 Å². The number of hydrogen-bond acceptors (Lipinski definition) is 4. The van der Waals surface area contributed by atoms with Crippen molar-refractivity contribution in [1.29, 1.82) is 0 Å². The summed E-state index contributed by atoms with van der Waals surface area (Å²) in [6, 6.07) is 7.28. The smallest absolute Gasteiger partial charge is 0.244 e. The van der Waals surface area contributed by atoms with Crippen molar-refractivity contribution in [2.75, 3.05) is 16.8 Å². The van der Waals surface area contributed by atoms with Gasteiger partial charge in [-0.1, -0.05) is 11.2 Å². The van der Waals surface area contributed by atoms with Gasteiger partial charge in [-0.3, -0.25) is 14.5 Å². The fourth-order valence-corrected chi connectivity index (χ4v) is 2.00. The van der Waals surface area contributed by atoms with E-state index in [2.05, 4.69) is 10.5 Å². The fraction of sp³-hybridized carbons (Fsp3) is 0.312. The number of benzene rings is 1. The molecule has 0 atom stereocenters. The van der Waals surface area contributed by atoms with Crippen LogP contribution < -0.4 is 10.2 Å². The van der Waals surface area contributed by atoms with Crippen LogP contribution in [0.15, 0.2) is 28.8 Å². The van der Waals surface area contributed by atoms with Crippen LogP contribution in [0.4, 0.5) is 11.5 Å². The summed E-state index contributed by atoms with van der Waals surface area (Å²) in [6.07, 6.45) is 0. The van der Waals surface area contributed by atoms with Gasteiger partial charge in [-0.15, -0.1) is 0 Å². The lowest BCUT2D eigenvalue weighted by atomic mass is 10.1. The predicted octanol–water partition coefficient (Wildman–Crippen LogP) is 2.59. The first-order chi connectivity index (χ1) is 10.4. The summed E-state index contributed by atoms with van der Waals surface area (Å²) < 4.78 is 4.95. The van der Waals surface area contributed by atoms with Crippen molar-refractivity contribution in [3.8, 4) is 0 Å². The van der Waals surface area contributed by atoms with Crippen molar-refractivity contribution >= 4 is 23.3 Å². The number of anilines is 2. The third-order valence-electron chi connectivity index (χ3n) is 3.36. The zero-order chi connectivity index (χ0) is 16.3. The molecule has 0 bridgehead atoms. The highest BCUT2D eigenvalue weighted by atomic mass is 16.5. The SMILES string of the molecule is CC(=O)N(CC(=O)Nc1ccc(C)c(C)c1)c1cc(C)on1. The van der Waals surface area contributed by atoms with Gasteiger partial charge in [0.15, 0.2) is 5.82 Å². The van der Waals surface area contributed by atoms with Gasteiger partial charge in [-0.25, -0.2) is 0 Å². The number of nitrogens with zero attached hydrogens (tertiary/aromatic N) is 2. The number of rotatable bonds is 4. The van der Waals surface area contributed by atoms with Gasteiger partial charge in [0.1, 0.15) is 12.3 Å². The van der Waals surface area contributed by atoms with Gasteiger partial charge in [-0.05, 0) is 44.0 Å². The van der Waals surface area contributed by atoms with Gasteiger partial charge in [0.25, 0.3) is 0 Å². The molecule has 116 valence electrons. The minimum absolute atomic E-state index is 0.117. The molecule has 6 nitrogen and oxygen atoms in total. The lowest BCUT2D eigenvalue weighted by Gasteiger charge is -2.17. The van der Waals surface area contributed by atoms with Crippen LogP contribution in [0.25, 0.3) is 0 Å². The van der Waals surface area contributed by atoms with Gasteiger partial charge < -0.3 is 9.84 Å². The van der Waals surface area contributed by atoms with Crippen LogP contribution in [0.2, 0.25) is 0 Å². The fourth-order valence-electron chi connectivity index (χ4n) is 2.00. The Balaban J connectivity index is 2.08. The second-order valence-electron chi connectivity index (χ2n) is 5.25. The lowest BCUT2D eigenvalue weighted by molar-refractivity contribution is -0.120. The van der Waals surface area contributed by atoms with Gasteiger partial charge in [0.2, 0.25) is 11.8 Å². The Bertz CT molecular complexity index is 706. The van der Waals surface area contributed by atoms with Crippen LogP contribution in [-0.4, -0.2) is 23.5 Å². The van der Waals surface area contributed by atoms with E-state index in [1.54, 1.807) is 13.0 Å². The van der Waals surface area contributed by atoms with Crippen molar-refractivity contribution in [2.24, 2.45) is 0 Å². The summed E-state index contributed by atoms with van der Waals surface area (Å²) in [7, 11) is 0. The first-order valence-electron chi connectivity index (χ1n) is 6.95. The van der Waals surface area contributed by atoms with Gasteiger partial charge in [-0.2, -0.15) is 0 Å².